The molecule has 2 aromatic rings. The SMILES string of the molecule is O=[N+]([O-])c1ccccc1C(=C(O)Br)c1ccccc1. The van der Waals surface area contributed by atoms with E-state index >= 15 is 0 Å². The van der Waals surface area contributed by atoms with Crippen molar-refractivity contribution < 1.29 is 10.0 Å². The van der Waals surface area contributed by atoms with Gasteiger partial charge in [-0.05, 0) is 27.6 Å². The van der Waals surface area contributed by atoms with Gasteiger partial charge in [0.1, 0.15) is 0 Å². The van der Waals surface area contributed by atoms with Crippen LogP contribution in [0.3, 0.4) is 0 Å². The number of nitrogens with zero attached hydrogens (tertiary/aromatic N) is 1. The topological polar surface area (TPSA) is 63.4 Å². The number of para-hydroxylation sites is 1. The van der Waals surface area contributed by atoms with E-state index in [2.05, 4.69) is 15.9 Å². The predicted octanol–water partition coefficient (Wildman–Crippen LogP) is 4.26. The van der Waals surface area contributed by atoms with Gasteiger partial charge in [0, 0.05) is 11.6 Å². The van der Waals surface area contributed by atoms with Gasteiger partial charge in [0.2, 0.25) is 0 Å². The van der Waals surface area contributed by atoms with Crippen LogP contribution in [0.4, 0.5) is 5.69 Å². The molecule has 96 valence electrons. The Hall–Kier alpha value is -2.14. The first-order valence-corrected chi connectivity index (χ1v) is 6.28. The maximum Gasteiger partial charge on any atom is 0.277 e. The minimum absolute atomic E-state index is 0.0487. The fourth-order valence-corrected chi connectivity index (χ4v) is 2.28. The average molecular weight is 320 g/mol. The van der Waals surface area contributed by atoms with Crippen molar-refractivity contribution in [3.05, 3.63) is 80.5 Å². The minimum atomic E-state index is -0.464. The molecule has 5 heteroatoms. The molecule has 0 radical (unpaired) electrons. The van der Waals surface area contributed by atoms with Gasteiger partial charge < -0.3 is 5.11 Å². The number of nitro groups is 1. The van der Waals surface area contributed by atoms with E-state index in [9.17, 15) is 15.2 Å². The van der Waals surface area contributed by atoms with Gasteiger partial charge in [0.15, 0.2) is 4.67 Å². The summed E-state index contributed by atoms with van der Waals surface area (Å²) in [6, 6.07) is 15.3. The quantitative estimate of drug-likeness (QED) is 0.522. The average Bonchev–Trinajstić information content (AvgIpc) is 2.40. The van der Waals surface area contributed by atoms with Crippen molar-refractivity contribution in [1.82, 2.24) is 0 Å². The van der Waals surface area contributed by atoms with Gasteiger partial charge in [-0.1, -0.05) is 42.5 Å². The van der Waals surface area contributed by atoms with Crippen molar-refractivity contribution in [2.75, 3.05) is 0 Å². The molecule has 0 saturated carbocycles. The van der Waals surface area contributed by atoms with E-state index in [1.54, 1.807) is 42.5 Å². The molecule has 0 aliphatic rings. The summed E-state index contributed by atoms with van der Waals surface area (Å²) in [6.45, 7) is 0. The third-order valence-corrected chi connectivity index (χ3v) is 3.04. The maximum atomic E-state index is 11.1. The molecule has 0 fully saturated rings. The summed E-state index contributed by atoms with van der Waals surface area (Å²) < 4.78 is -0.131. The van der Waals surface area contributed by atoms with Crippen molar-refractivity contribution in [2.24, 2.45) is 0 Å². The highest BCUT2D eigenvalue weighted by Crippen LogP contribution is 2.34. The molecule has 0 atom stereocenters. The van der Waals surface area contributed by atoms with Crippen molar-refractivity contribution >= 4 is 27.2 Å². The molecule has 0 aromatic heterocycles. The van der Waals surface area contributed by atoms with Crippen LogP contribution in [0.1, 0.15) is 11.1 Å². The lowest BCUT2D eigenvalue weighted by atomic mass is 9.98. The highest BCUT2D eigenvalue weighted by atomic mass is 79.9. The van der Waals surface area contributed by atoms with Crippen LogP contribution in [-0.4, -0.2) is 10.0 Å². The first-order valence-electron chi connectivity index (χ1n) is 5.49. The largest absolute Gasteiger partial charge is 0.501 e. The fraction of sp³-hybridized carbons (Fsp3) is 0. The summed E-state index contributed by atoms with van der Waals surface area (Å²) in [5.74, 6) is 0. The highest BCUT2D eigenvalue weighted by Gasteiger charge is 2.19. The lowest BCUT2D eigenvalue weighted by Gasteiger charge is -2.09. The maximum absolute atomic E-state index is 11.1. The van der Waals surface area contributed by atoms with Gasteiger partial charge in [-0.15, -0.1) is 0 Å². The summed E-state index contributed by atoms with van der Waals surface area (Å²) in [5, 5.41) is 20.9. The normalized spacial score (nSPS) is 11.8. The van der Waals surface area contributed by atoms with E-state index in [4.69, 9.17) is 0 Å². The van der Waals surface area contributed by atoms with Crippen molar-refractivity contribution in [1.29, 1.82) is 0 Å². The summed E-state index contributed by atoms with van der Waals surface area (Å²) in [5.41, 5.74) is 1.42. The first-order chi connectivity index (χ1) is 9.11. The Morgan fingerprint density at radius 2 is 1.63 bits per heavy atom. The van der Waals surface area contributed by atoms with E-state index < -0.39 is 4.92 Å². The molecule has 0 heterocycles. The van der Waals surface area contributed by atoms with Crippen molar-refractivity contribution in [3.8, 4) is 0 Å². The van der Waals surface area contributed by atoms with E-state index in [-0.39, 0.29) is 10.4 Å². The van der Waals surface area contributed by atoms with Crippen LogP contribution in [0.15, 0.2) is 59.3 Å². The first kappa shape index (κ1) is 13.3. The third-order valence-electron chi connectivity index (χ3n) is 2.64. The molecule has 19 heavy (non-hydrogen) atoms. The van der Waals surface area contributed by atoms with Gasteiger partial charge in [0.05, 0.1) is 10.5 Å². The second kappa shape index (κ2) is 5.67. The van der Waals surface area contributed by atoms with Gasteiger partial charge in [-0.3, -0.25) is 10.1 Å². The minimum Gasteiger partial charge on any atom is -0.501 e. The number of halogens is 1. The Morgan fingerprint density at radius 3 is 2.21 bits per heavy atom. The zero-order valence-electron chi connectivity index (χ0n) is 9.79. The molecule has 0 saturated heterocycles. The van der Waals surface area contributed by atoms with Crippen LogP contribution in [-0.2, 0) is 0 Å². The monoisotopic (exact) mass is 319 g/mol. The van der Waals surface area contributed by atoms with Gasteiger partial charge >= 0.3 is 0 Å². The second-order valence-electron chi connectivity index (χ2n) is 3.81. The lowest BCUT2D eigenvalue weighted by molar-refractivity contribution is -0.385. The van der Waals surface area contributed by atoms with Crippen molar-refractivity contribution in [3.63, 3.8) is 0 Å². The smallest absolute Gasteiger partial charge is 0.277 e. The van der Waals surface area contributed by atoms with Crippen LogP contribution in [0.2, 0.25) is 0 Å². The van der Waals surface area contributed by atoms with E-state index in [1.807, 2.05) is 6.07 Å². The number of rotatable bonds is 3. The van der Waals surface area contributed by atoms with E-state index in [0.29, 0.717) is 16.7 Å². The Balaban J connectivity index is 2.67. The molecule has 4 nitrogen and oxygen atoms in total. The van der Waals surface area contributed by atoms with Crippen LogP contribution in [0.25, 0.3) is 5.57 Å². The predicted molar refractivity (Wildman–Crippen MR) is 77.1 cm³/mol. The standard InChI is InChI=1S/C14H10BrNO3/c15-14(17)13(10-6-2-1-3-7-10)11-8-4-5-9-12(11)16(18)19/h1-9,17H. The molecule has 0 bridgehead atoms. The van der Waals surface area contributed by atoms with Crippen LogP contribution >= 0.6 is 15.9 Å². The number of hydrogen-bond acceptors (Lipinski definition) is 3. The number of aliphatic hydroxyl groups excluding tert-OH is 1. The molecular weight excluding hydrogens is 310 g/mol. The van der Waals surface area contributed by atoms with Crippen LogP contribution < -0.4 is 0 Å². The molecular formula is C14H10BrNO3. The molecule has 0 spiro atoms. The van der Waals surface area contributed by atoms with E-state index in [0.717, 1.165) is 0 Å². The number of nitro benzene ring substituents is 1. The number of benzene rings is 2. The Labute approximate surface area is 118 Å². The summed E-state index contributed by atoms with van der Waals surface area (Å²) in [4.78, 5) is 10.6. The molecule has 0 aliphatic heterocycles. The van der Waals surface area contributed by atoms with Crippen molar-refractivity contribution in [2.45, 2.75) is 0 Å². The third kappa shape index (κ3) is 2.82. The number of hydrogen-bond donors (Lipinski definition) is 1. The summed E-state index contributed by atoms with van der Waals surface area (Å²) >= 11 is 3.01. The molecule has 2 rings (SSSR count). The summed E-state index contributed by atoms with van der Waals surface area (Å²) in [6.07, 6.45) is 0. The van der Waals surface area contributed by atoms with Gasteiger partial charge in [0.25, 0.3) is 5.69 Å². The fourth-order valence-electron chi connectivity index (χ4n) is 1.83. The zero-order valence-corrected chi connectivity index (χ0v) is 11.4. The molecule has 2 aromatic carbocycles. The molecule has 0 amide bonds. The van der Waals surface area contributed by atoms with Crippen LogP contribution in [0.5, 0.6) is 0 Å². The number of aliphatic hydroxyl groups is 1. The molecule has 1 N–H and O–H groups in total. The second-order valence-corrected chi connectivity index (χ2v) is 4.56. The van der Waals surface area contributed by atoms with Crippen LogP contribution in [0, 0.1) is 10.1 Å². The van der Waals surface area contributed by atoms with Gasteiger partial charge in [-0.25, -0.2) is 0 Å². The lowest BCUT2D eigenvalue weighted by Crippen LogP contribution is -1.97. The Morgan fingerprint density at radius 1 is 1.05 bits per heavy atom. The molecule has 0 unspecified atom stereocenters. The van der Waals surface area contributed by atoms with Gasteiger partial charge in [-0.2, -0.15) is 0 Å². The molecule has 0 aliphatic carbocycles. The van der Waals surface area contributed by atoms with E-state index in [1.165, 1.54) is 6.07 Å². The Kier molecular flexibility index (Phi) is 3.97. The Bertz CT molecular complexity index is 634. The summed E-state index contributed by atoms with van der Waals surface area (Å²) in [7, 11) is 0. The zero-order chi connectivity index (χ0) is 13.8. The highest BCUT2D eigenvalue weighted by molar-refractivity contribution is 9.11.